The molecule has 3 atom stereocenters. The Bertz CT molecular complexity index is 568. The first-order valence-electron chi connectivity index (χ1n) is 8.40. The van der Waals surface area contributed by atoms with Crippen LogP contribution >= 0.6 is 0 Å². The van der Waals surface area contributed by atoms with E-state index in [0.29, 0.717) is 23.3 Å². The van der Waals surface area contributed by atoms with Crippen molar-refractivity contribution < 1.29 is 9.18 Å². The third-order valence-corrected chi connectivity index (χ3v) is 5.01. The fraction of sp³-hybridized carbons (Fsp3) is 0.526. The first-order valence-corrected chi connectivity index (χ1v) is 8.40. The van der Waals surface area contributed by atoms with Gasteiger partial charge in [0.15, 0.2) is 0 Å². The highest BCUT2D eigenvalue weighted by molar-refractivity contribution is 5.94. The Labute approximate surface area is 132 Å². The molecule has 2 aliphatic rings. The number of hydrogen-bond donors (Lipinski definition) is 0. The molecule has 1 fully saturated rings. The number of allylic oxidation sites excluding steroid dienone is 2. The van der Waals surface area contributed by atoms with Crippen LogP contribution in [0.15, 0.2) is 36.4 Å². The Morgan fingerprint density at radius 3 is 2.82 bits per heavy atom. The number of hydrogen-bond acceptors (Lipinski definition) is 1. The van der Waals surface area contributed by atoms with E-state index < -0.39 is 0 Å². The number of benzene rings is 1. The molecule has 1 aromatic rings. The maximum atomic E-state index is 13.4. The Kier molecular flexibility index (Phi) is 4.60. The van der Waals surface area contributed by atoms with Crippen molar-refractivity contribution >= 4 is 5.91 Å². The van der Waals surface area contributed by atoms with Crippen molar-refractivity contribution in [2.75, 3.05) is 13.1 Å². The molecule has 2 nitrogen and oxygen atoms in total. The zero-order valence-electron chi connectivity index (χ0n) is 13.2. The molecular weight excluding hydrogens is 277 g/mol. The average Bonchev–Trinajstić information content (AvgIpc) is 3.13. The number of nitrogens with zero attached hydrogens (tertiary/aromatic N) is 1. The number of amides is 1. The standard InChI is InChI=1S/C19H24FNO/c1-2-3-9-21(13-17-11-14-7-8-15(17)10-14)19(22)16-5-4-6-18(20)12-16/h4-8,12,14-15,17H,2-3,9-11,13H2,1H3. The molecule has 2 aliphatic carbocycles. The smallest absolute Gasteiger partial charge is 0.253 e. The van der Waals surface area contributed by atoms with Crippen LogP contribution in [0.1, 0.15) is 43.0 Å². The molecule has 1 saturated carbocycles. The van der Waals surface area contributed by atoms with E-state index in [0.717, 1.165) is 25.9 Å². The summed E-state index contributed by atoms with van der Waals surface area (Å²) in [4.78, 5) is 14.7. The molecule has 118 valence electrons. The largest absolute Gasteiger partial charge is 0.338 e. The molecule has 1 amide bonds. The zero-order chi connectivity index (χ0) is 15.5. The van der Waals surface area contributed by atoms with Crippen LogP contribution < -0.4 is 0 Å². The third kappa shape index (κ3) is 3.23. The molecule has 3 heteroatoms. The maximum Gasteiger partial charge on any atom is 0.253 e. The molecular formula is C19H24FNO. The lowest BCUT2D eigenvalue weighted by molar-refractivity contribution is 0.0716. The number of carbonyl (C=O) groups excluding carboxylic acids is 1. The zero-order valence-corrected chi connectivity index (χ0v) is 13.2. The Morgan fingerprint density at radius 2 is 2.18 bits per heavy atom. The third-order valence-electron chi connectivity index (χ3n) is 5.01. The summed E-state index contributed by atoms with van der Waals surface area (Å²) in [5.41, 5.74) is 0.467. The lowest BCUT2D eigenvalue weighted by Crippen LogP contribution is -2.37. The van der Waals surface area contributed by atoms with Gasteiger partial charge in [-0.05, 0) is 55.2 Å². The van der Waals surface area contributed by atoms with Crippen LogP contribution in [0.5, 0.6) is 0 Å². The number of rotatable bonds is 6. The fourth-order valence-corrected chi connectivity index (χ4v) is 3.82. The van der Waals surface area contributed by atoms with Crippen molar-refractivity contribution in [1.29, 1.82) is 0 Å². The van der Waals surface area contributed by atoms with Crippen molar-refractivity contribution in [3.63, 3.8) is 0 Å². The van der Waals surface area contributed by atoms with Crippen LogP contribution in [0, 0.1) is 23.6 Å². The second-order valence-electron chi connectivity index (χ2n) is 6.66. The van der Waals surface area contributed by atoms with Crippen LogP contribution in [0.25, 0.3) is 0 Å². The summed E-state index contributed by atoms with van der Waals surface area (Å²) >= 11 is 0. The van der Waals surface area contributed by atoms with Gasteiger partial charge in [0.25, 0.3) is 5.91 Å². The van der Waals surface area contributed by atoms with Crippen LogP contribution in [0.3, 0.4) is 0 Å². The van der Waals surface area contributed by atoms with Crippen molar-refractivity contribution in [2.45, 2.75) is 32.6 Å². The number of halogens is 1. The minimum absolute atomic E-state index is 0.0281. The van der Waals surface area contributed by atoms with Crippen LogP contribution in [-0.2, 0) is 0 Å². The van der Waals surface area contributed by atoms with Gasteiger partial charge in [0.05, 0.1) is 0 Å². The maximum absolute atomic E-state index is 13.4. The van der Waals surface area contributed by atoms with Crippen LogP contribution in [-0.4, -0.2) is 23.9 Å². The highest BCUT2D eigenvalue weighted by Crippen LogP contribution is 2.43. The van der Waals surface area contributed by atoms with Gasteiger partial charge in [-0.1, -0.05) is 31.6 Å². The first-order chi connectivity index (χ1) is 10.7. The summed E-state index contributed by atoms with van der Waals surface area (Å²) in [5.74, 6) is 1.55. The molecule has 2 bridgehead atoms. The van der Waals surface area contributed by atoms with E-state index in [2.05, 4.69) is 19.1 Å². The highest BCUT2D eigenvalue weighted by Gasteiger charge is 2.37. The normalized spacial score (nSPS) is 25.6. The molecule has 0 radical (unpaired) electrons. The van der Waals surface area contributed by atoms with Gasteiger partial charge in [-0.3, -0.25) is 4.79 Å². The van der Waals surface area contributed by atoms with E-state index in [9.17, 15) is 9.18 Å². The summed E-state index contributed by atoms with van der Waals surface area (Å²) in [6.07, 6.45) is 9.15. The summed E-state index contributed by atoms with van der Waals surface area (Å²) in [6, 6.07) is 6.06. The highest BCUT2D eigenvalue weighted by atomic mass is 19.1. The summed E-state index contributed by atoms with van der Waals surface area (Å²) in [6.45, 7) is 3.70. The van der Waals surface area contributed by atoms with Gasteiger partial charge >= 0.3 is 0 Å². The topological polar surface area (TPSA) is 20.3 Å². The first kappa shape index (κ1) is 15.3. The quantitative estimate of drug-likeness (QED) is 0.718. The van der Waals surface area contributed by atoms with Gasteiger partial charge in [-0.2, -0.15) is 0 Å². The van der Waals surface area contributed by atoms with E-state index in [1.54, 1.807) is 12.1 Å². The molecule has 0 aromatic heterocycles. The molecule has 0 aliphatic heterocycles. The van der Waals surface area contributed by atoms with Gasteiger partial charge in [-0.15, -0.1) is 0 Å². The molecule has 22 heavy (non-hydrogen) atoms. The molecule has 0 saturated heterocycles. The van der Waals surface area contributed by atoms with E-state index in [-0.39, 0.29) is 11.7 Å². The Balaban J connectivity index is 1.71. The molecule has 3 unspecified atom stereocenters. The van der Waals surface area contributed by atoms with E-state index in [4.69, 9.17) is 0 Å². The SMILES string of the molecule is CCCCN(CC1CC2C=CC1C2)C(=O)c1cccc(F)c1. The summed E-state index contributed by atoms with van der Waals surface area (Å²) < 4.78 is 13.4. The predicted octanol–water partition coefficient (Wildman–Crippen LogP) is 4.28. The minimum atomic E-state index is -0.343. The van der Waals surface area contributed by atoms with Gasteiger partial charge in [0.2, 0.25) is 0 Å². The van der Waals surface area contributed by atoms with Gasteiger partial charge < -0.3 is 4.90 Å². The lowest BCUT2D eigenvalue weighted by atomic mass is 9.92. The number of unbranched alkanes of at least 4 members (excludes halogenated alkanes) is 1. The van der Waals surface area contributed by atoms with Crippen LogP contribution in [0.4, 0.5) is 4.39 Å². The fourth-order valence-electron chi connectivity index (χ4n) is 3.82. The predicted molar refractivity (Wildman–Crippen MR) is 86.1 cm³/mol. The van der Waals surface area contributed by atoms with Gasteiger partial charge in [-0.25, -0.2) is 4.39 Å². The van der Waals surface area contributed by atoms with E-state index in [1.807, 2.05) is 4.90 Å². The number of fused-ring (bicyclic) bond motifs is 2. The average molecular weight is 301 g/mol. The Morgan fingerprint density at radius 1 is 1.32 bits per heavy atom. The molecule has 3 rings (SSSR count). The molecule has 0 heterocycles. The molecule has 0 spiro atoms. The summed E-state index contributed by atoms with van der Waals surface area (Å²) in [7, 11) is 0. The van der Waals surface area contributed by atoms with E-state index in [1.165, 1.54) is 25.0 Å². The second kappa shape index (κ2) is 6.64. The van der Waals surface area contributed by atoms with Crippen molar-refractivity contribution in [3.8, 4) is 0 Å². The second-order valence-corrected chi connectivity index (χ2v) is 6.66. The van der Waals surface area contributed by atoms with Gasteiger partial charge in [0.1, 0.15) is 5.82 Å². The van der Waals surface area contributed by atoms with Gasteiger partial charge in [0, 0.05) is 18.7 Å². The minimum Gasteiger partial charge on any atom is -0.338 e. The molecule has 1 aromatic carbocycles. The van der Waals surface area contributed by atoms with E-state index >= 15 is 0 Å². The summed E-state index contributed by atoms with van der Waals surface area (Å²) in [5, 5.41) is 0. The van der Waals surface area contributed by atoms with Crippen molar-refractivity contribution in [1.82, 2.24) is 4.90 Å². The molecule has 0 N–H and O–H groups in total. The van der Waals surface area contributed by atoms with Crippen LogP contribution in [0.2, 0.25) is 0 Å². The monoisotopic (exact) mass is 301 g/mol. The van der Waals surface area contributed by atoms with Crippen molar-refractivity contribution in [3.05, 3.63) is 47.8 Å². The number of carbonyl (C=O) groups is 1. The Hall–Kier alpha value is -1.64. The lowest BCUT2D eigenvalue weighted by Gasteiger charge is -2.29. The van der Waals surface area contributed by atoms with Crippen molar-refractivity contribution in [2.24, 2.45) is 17.8 Å².